The van der Waals surface area contributed by atoms with Gasteiger partial charge >= 0.3 is 0 Å². The van der Waals surface area contributed by atoms with Gasteiger partial charge in [0.2, 0.25) is 0 Å². The second-order valence-corrected chi connectivity index (χ2v) is 8.16. The third-order valence-corrected chi connectivity index (χ3v) is 5.67. The van der Waals surface area contributed by atoms with Crippen LogP contribution >= 0.6 is 0 Å². The lowest BCUT2D eigenvalue weighted by Gasteiger charge is -2.27. The van der Waals surface area contributed by atoms with Gasteiger partial charge in [-0.2, -0.15) is 0 Å². The van der Waals surface area contributed by atoms with E-state index in [1.807, 2.05) is 0 Å². The molecule has 2 fully saturated rings. The van der Waals surface area contributed by atoms with Crippen LogP contribution in [0.4, 0.5) is 0 Å². The Hall–Kier alpha value is -0.240. The molecular weight excluding hydrogens is 336 g/mol. The molecule has 0 saturated carbocycles. The van der Waals surface area contributed by atoms with Crippen molar-refractivity contribution in [1.29, 1.82) is 0 Å². The van der Waals surface area contributed by atoms with E-state index < -0.39 is 0 Å². The Morgan fingerprint density at radius 2 is 0.704 bits per heavy atom. The molecule has 0 aromatic heterocycles. The quantitative estimate of drug-likeness (QED) is 0.575. The van der Waals surface area contributed by atoms with Crippen molar-refractivity contribution in [3.63, 3.8) is 0 Å². The Labute approximate surface area is 168 Å². The summed E-state index contributed by atoms with van der Waals surface area (Å²) in [5.74, 6) is 0. The number of hydrogen-bond donors (Lipinski definition) is 4. The van der Waals surface area contributed by atoms with Gasteiger partial charge in [0.05, 0.1) is 0 Å². The molecule has 2 rings (SSSR count). The predicted molar refractivity (Wildman–Crippen MR) is 117 cm³/mol. The minimum Gasteiger partial charge on any atom is -0.317 e. The molecular formula is C21H46N6. The molecule has 2 heterocycles. The highest BCUT2D eigenvalue weighted by molar-refractivity contribution is 4.67. The standard InChI is InChI=1S/C21H46N6/c1-8-22-12-3-16-26(17-4-13-23-9-1)20-7-21-27-18-5-14-24-10-2-11-25-15-6-19-27/h22-25H,1-21H2. The number of nitrogens with zero attached hydrogens (tertiary/aromatic N) is 2. The maximum absolute atomic E-state index is 3.58. The maximum atomic E-state index is 3.58. The van der Waals surface area contributed by atoms with Gasteiger partial charge in [0.1, 0.15) is 0 Å². The second kappa shape index (κ2) is 16.7. The molecule has 6 nitrogen and oxygen atoms in total. The molecule has 6 heteroatoms. The van der Waals surface area contributed by atoms with E-state index in [9.17, 15) is 0 Å². The van der Waals surface area contributed by atoms with Gasteiger partial charge in [-0.05, 0) is 137 Å². The molecule has 0 spiro atoms. The number of hydrogen-bond acceptors (Lipinski definition) is 6. The van der Waals surface area contributed by atoms with E-state index >= 15 is 0 Å². The molecule has 27 heavy (non-hydrogen) atoms. The predicted octanol–water partition coefficient (Wildman–Crippen LogP) is 0.707. The average Bonchev–Trinajstić information content (AvgIpc) is 2.65. The van der Waals surface area contributed by atoms with Crippen molar-refractivity contribution in [2.45, 2.75) is 44.9 Å². The van der Waals surface area contributed by atoms with E-state index in [2.05, 4.69) is 31.1 Å². The molecule has 2 saturated heterocycles. The molecule has 4 N–H and O–H groups in total. The maximum Gasteiger partial charge on any atom is -0.000653 e. The summed E-state index contributed by atoms with van der Waals surface area (Å²) in [4.78, 5) is 5.40. The topological polar surface area (TPSA) is 54.6 Å². The molecule has 0 radical (unpaired) electrons. The van der Waals surface area contributed by atoms with Crippen molar-refractivity contribution in [2.24, 2.45) is 0 Å². The molecule has 0 aliphatic carbocycles. The summed E-state index contributed by atoms with van der Waals surface area (Å²) < 4.78 is 0. The van der Waals surface area contributed by atoms with Gasteiger partial charge in [-0.15, -0.1) is 0 Å². The Kier molecular flexibility index (Phi) is 14.2. The first-order valence-corrected chi connectivity index (χ1v) is 11.7. The zero-order chi connectivity index (χ0) is 18.8. The lowest BCUT2D eigenvalue weighted by molar-refractivity contribution is 0.217. The first-order valence-electron chi connectivity index (χ1n) is 11.7. The van der Waals surface area contributed by atoms with Crippen molar-refractivity contribution >= 4 is 0 Å². The highest BCUT2D eigenvalue weighted by Crippen LogP contribution is 2.02. The molecule has 2 aliphatic rings. The van der Waals surface area contributed by atoms with Crippen molar-refractivity contribution in [3.8, 4) is 0 Å². The zero-order valence-corrected chi connectivity index (χ0v) is 17.7. The second-order valence-electron chi connectivity index (χ2n) is 8.16. The minimum absolute atomic E-state index is 1.16. The molecule has 0 aromatic rings. The smallest absolute Gasteiger partial charge is 0.000653 e. The van der Waals surface area contributed by atoms with Gasteiger partial charge in [-0.25, -0.2) is 0 Å². The molecule has 0 bridgehead atoms. The van der Waals surface area contributed by atoms with Gasteiger partial charge in [0, 0.05) is 0 Å². The SMILES string of the molecule is C1CNCCCN(CCCN2CCCNCCCNCCC2)CCCNC1. The Morgan fingerprint density at radius 1 is 0.407 bits per heavy atom. The van der Waals surface area contributed by atoms with Crippen LogP contribution in [0.3, 0.4) is 0 Å². The lowest BCUT2D eigenvalue weighted by atomic mass is 10.2. The van der Waals surface area contributed by atoms with Crippen LogP contribution in [0.15, 0.2) is 0 Å². The van der Waals surface area contributed by atoms with Crippen molar-refractivity contribution < 1.29 is 0 Å². The van der Waals surface area contributed by atoms with E-state index in [4.69, 9.17) is 0 Å². The van der Waals surface area contributed by atoms with E-state index in [0.717, 1.165) is 26.2 Å². The molecule has 160 valence electrons. The van der Waals surface area contributed by atoms with Crippen molar-refractivity contribution in [3.05, 3.63) is 0 Å². The average molecular weight is 383 g/mol. The Balaban J connectivity index is 1.64. The number of rotatable bonds is 4. The minimum atomic E-state index is 1.16. The summed E-state index contributed by atoms with van der Waals surface area (Å²) in [6.07, 6.45) is 8.96. The van der Waals surface area contributed by atoms with E-state index in [0.29, 0.717) is 0 Å². The molecule has 0 aromatic carbocycles. The first kappa shape index (κ1) is 23.0. The summed E-state index contributed by atoms with van der Waals surface area (Å²) in [5, 5.41) is 14.3. The summed E-state index contributed by atoms with van der Waals surface area (Å²) in [6.45, 7) is 16.8. The van der Waals surface area contributed by atoms with Crippen LogP contribution in [0, 0.1) is 0 Å². The van der Waals surface area contributed by atoms with Crippen LogP contribution in [0.1, 0.15) is 44.9 Å². The van der Waals surface area contributed by atoms with Crippen LogP contribution < -0.4 is 21.3 Å². The fourth-order valence-corrected chi connectivity index (χ4v) is 4.08. The van der Waals surface area contributed by atoms with E-state index in [1.54, 1.807) is 0 Å². The molecule has 0 atom stereocenters. The van der Waals surface area contributed by atoms with Gasteiger partial charge in [-0.1, -0.05) is 0 Å². The lowest BCUT2D eigenvalue weighted by Crippen LogP contribution is -2.36. The number of nitrogens with one attached hydrogen (secondary N) is 4. The largest absolute Gasteiger partial charge is 0.317 e. The van der Waals surface area contributed by atoms with Gasteiger partial charge in [0.25, 0.3) is 0 Å². The van der Waals surface area contributed by atoms with Crippen LogP contribution in [0.2, 0.25) is 0 Å². The van der Waals surface area contributed by atoms with Crippen molar-refractivity contribution in [2.75, 3.05) is 91.6 Å². The normalized spacial score (nSPS) is 24.9. The summed E-state index contributed by atoms with van der Waals surface area (Å²) >= 11 is 0. The fourth-order valence-electron chi connectivity index (χ4n) is 4.08. The van der Waals surface area contributed by atoms with Gasteiger partial charge in [-0.3, -0.25) is 0 Å². The monoisotopic (exact) mass is 382 g/mol. The Bertz CT molecular complexity index is 274. The van der Waals surface area contributed by atoms with E-state index in [1.165, 1.54) is 110 Å². The summed E-state index contributed by atoms with van der Waals surface area (Å²) in [6, 6.07) is 0. The highest BCUT2D eigenvalue weighted by atomic mass is 15.1. The van der Waals surface area contributed by atoms with Gasteiger partial charge in [0.15, 0.2) is 0 Å². The van der Waals surface area contributed by atoms with Crippen LogP contribution in [-0.2, 0) is 0 Å². The highest BCUT2D eigenvalue weighted by Gasteiger charge is 2.09. The first-order chi connectivity index (χ1) is 13.4. The third kappa shape index (κ3) is 12.8. The van der Waals surface area contributed by atoms with Crippen LogP contribution in [0.5, 0.6) is 0 Å². The van der Waals surface area contributed by atoms with Crippen LogP contribution in [0.25, 0.3) is 0 Å². The fraction of sp³-hybridized carbons (Fsp3) is 1.00. The molecule has 2 aliphatic heterocycles. The summed E-state index contributed by atoms with van der Waals surface area (Å²) in [5.41, 5.74) is 0. The van der Waals surface area contributed by atoms with Gasteiger partial charge < -0.3 is 31.1 Å². The van der Waals surface area contributed by atoms with E-state index in [-0.39, 0.29) is 0 Å². The molecule has 0 amide bonds. The molecule has 0 unspecified atom stereocenters. The third-order valence-electron chi connectivity index (χ3n) is 5.67. The van der Waals surface area contributed by atoms with Crippen LogP contribution in [-0.4, -0.2) is 101 Å². The summed E-state index contributed by atoms with van der Waals surface area (Å²) in [7, 11) is 0. The zero-order valence-electron chi connectivity index (χ0n) is 17.7. The van der Waals surface area contributed by atoms with Crippen molar-refractivity contribution in [1.82, 2.24) is 31.1 Å². The Morgan fingerprint density at radius 3 is 1.04 bits per heavy atom.